The number of halogens is 1. The van der Waals surface area contributed by atoms with Crippen LogP contribution < -0.4 is 0 Å². The van der Waals surface area contributed by atoms with Gasteiger partial charge in [-0.1, -0.05) is 29.8 Å². The molecule has 1 aliphatic rings. The molecule has 1 saturated heterocycles. The minimum absolute atomic E-state index is 0.250. The standard InChI is InChI=1S/C20H20ClN3O2S/c21-17-5-7-18(8-6-17)27(26)24-12-10-23(11-13-24)14-16-4-3-15-2-1-9-22-19(15)20(16)25/h1-9,25H,10-14H2. The van der Waals surface area contributed by atoms with E-state index in [2.05, 4.69) is 9.88 Å². The first-order chi connectivity index (χ1) is 13.1. The van der Waals surface area contributed by atoms with E-state index < -0.39 is 11.4 Å². The summed E-state index contributed by atoms with van der Waals surface area (Å²) in [7, 11) is 0. The van der Waals surface area contributed by atoms with E-state index in [0.717, 1.165) is 28.9 Å². The Bertz CT molecular complexity index is 930. The lowest BCUT2D eigenvalue weighted by Crippen LogP contribution is -2.48. The summed E-state index contributed by atoms with van der Waals surface area (Å²) in [5, 5.41) is 12.1. The number of nitrogens with zero attached hydrogens (tertiary/aromatic N) is 3. The van der Waals surface area contributed by atoms with Gasteiger partial charge < -0.3 is 9.66 Å². The van der Waals surface area contributed by atoms with Crippen LogP contribution in [0.1, 0.15) is 5.56 Å². The highest BCUT2D eigenvalue weighted by Gasteiger charge is 2.27. The van der Waals surface area contributed by atoms with E-state index >= 15 is 0 Å². The van der Waals surface area contributed by atoms with Gasteiger partial charge in [-0.25, -0.2) is 0 Å². The van der Waals surface area contributed by atoms with E-state index in [1.165, 1.54) is 0 Å². The van der Waals surface area contributed by atoms with E-state index in [0.29, 0.717) is 30.2 Å². The molecule has 0 radical (unpaired) electrons. The third-order valence-electron chi connectivity index (χ3n) is 4.81. The molecule has 1 atom stereocenters. The van der Waals surface area contributed by atoms with Crippen LogP contribution in [0.4, 0.5) is 0 Å². The Hall–Kier alpha value is -1.83. The Balaban J connectivity index is 1.40. The maximum Gasteiger partial charge on any atom is 0.174 e. The van der Waals surface area contributed by atoms with Crippen molar-refractivity contribution in [3.05, 3.63) is 65.3 Å². The van der Waals surface area contributed by atoms with Crippen molar-refractivity contribution in [2.45, 2.75) is 11.4 Å². The molecular formula is C20H20ClN3O2S. The highest BCUT2D eigenvalue weighted by molar-refractivity contribution is 7.89. The largest absolute Gasteiger partial charge is 0.593 e. The third kappa shape index (κ3) is 4.05. The van der Waals surface area contributed by atoms with Crippen LogP contribution in [0.3, 0.4) is 0 Å². The molecule has 0 aliphatic carbocycles. The van der Waals surface area contributed by atoms with Gasteiger partial charge >= 0.3 is 0 Å². The highest BCUT2D eigenvalue weighted by Crippen LogP contribution is 2.28. The lowest BCUT2D eigenvalue weighted by atomic mass is 10.1. The molecule has 1 fully saturated rings. The maximum absolute atomic E-state index is 12.7. The van der Waals surface area contributed by atoms with Crippen molar-refractivity contribution in [2.75, 3.05) is 26.2 Å². The quantitative estimate of drug-likeness (QED) is 0.678. The Morgan fingerprint density at radius 1 is 1.04 bits per heavy atom. The molecule has 0 spiro atoms. The lowest BCUT2D eigenvalue weighted by Gasteiger charge is -2.34. The van der Waals surface area contributed by atoms with Crippen LogP contribution in [-0.4, -0.2) is 50.0 Å². The Morgan fingerprint density at radius 2 is 1.78 bits per heavy atom. The summed E-state index contributed by atoms with van der Waals surface area (Å²) in [4.78, 5) is 7.32. The second kappa shape index (κ2) is 8.04. The number of piperazine rings is 1. The number of rotatable bonds is 4. The smallest absolute Gasteiger partial charge is 0.174 e. The Morgan fingerprint density at radius 3 is 2.52 bits per heavy atom. The Kier molecular flexibility index (Phi) is 5.52. The van der Waals surface area contributed by atoms with Gasteiger partial charge in [0.1, 0.15) is 11.3 Å². The molecule has 27 heavy (non-hydrogen) atoms. The number of phenolic OH excluding ortho intramolecular Hbond substituents is 1. The van der Waals surface area contributed by atoms with E-state index in [1.54, 1.807) is 18.3 Å². The van der Waals surface area contributed by atoms with Crippen LogP contribution in [0.2, 0.25) is 5.02 Å². The van der Waals surface area contributed by atoms with Crippen molar-refractivity contribution >= 4 is 33.9 Å². The number of pyridine rings is 1. The molecule has 0 bridgehead atoms. The molecule has 7 heteroatoms. The van der Waals surface area contributed by atoms with Gasteiger partial charge in [-0.15, -0.1) is 4.31 Å². The summed E-state index contributed by atoms with van der Waals surface area (Å²) in [6, 6.07) is 14.9. The van der Waals surface area contributed by atoms with Crippen molar-refractivity contribution in [1.82, 2.24) is 14.2 Å². The number of fused-ring (bicyclic) bond motifs is 1. The summed E-state index contributed by atoms with van der Waals surface area (Å²) >= 11 is 4.73. The maximum atomic E-state index is 12.7. The second-order valence-corrected chi connectivity index (χ2v) is 8.48. The van der Waals surface area contributed by atoms with Crippen LogP contribution in [-0.2, 0) is 17.9 Å². The summed E-state index contributed by atoms with van der Waals surface area (Å²) < 4.78 is 14.7. The minimum atomic E-state index is -1.17. The molecule has 5 nitrogen and oxygen atoms in total. The molecule has 1 aromatic heterocycles. The van der Waals surface area contributed by atoms with Crippen molar-refractivity contribution in [2.24, 2.45) is 0 Å². The van der Waals surface area contributed by atoms with E-state index in [4.69, 9.17) is 11.6 Å². The van der Waals surface area contributed by atoms with Crippen LogP contribution in [0, 0.1) is 0 Å². The fourth-order valence-corrected chi connectivity index (χ4v) is 4.58. The lowest BCUT2D eigenvalue weighted by molar-refractivity contribution is 0.180. The molecule has 0 saturated carbocycles. The normalized spacial score (nSPS) is 17.3. The first-order valence-corrected chi connectivity index (χ1v) is 10.3. The molecule has 1 unspecified atom stereocenters. The SMILES string of the molecule is [O-][S+](c1ccc(Cl)cc1)N1CCN(Cc2ccc3cccnc3c2O)CC1. The van der Waals surface area contributed by atoms with Gasteiger partial charge in [0.25, 0.3) is 0 Å². The van der Waals surface area contributed by atoms with E-state index in [9.17, 15) is 9.66 Å². The summed E-state index contributed by atoms with van der Waals surface area (Å²) in [6.45, 7) is 3.65. The van der Waals surface area contributed by atoms with Gasteiger partial charge in [0.05, 0.1) is 24.5 Å². The highest BCUT2D eigenvalue weighted by atomic mass is 35.5. The van der Waals surface area contributed by atoms with Gasteiger partial charge in [-0.05, 0) is 30.3 Å². The number of aromatic hydroxyl groups is 1. The zero-order valence-electron chi connectivity index (χ0n) is 14.7. The third-order valence-corrected chi connectivity index (χ3v) is 6.57. The Labute approximate surface area is 166 Å². The number of aromatic nitrogens is 1. The van der Waals surface area contributed by atoms with E-state index in [-0.39, 0.29) is 5.75 Å². The van der Waals surface area contributed by atoms with Crippen LogP contribution in [0.25, 0.3) is 10.9 Å². The molecule has 1 N–H and O–H groups in total. The van der Waals surface area contributed by atoms with Crippen molar-refractivity contribution in [1.29, 1.82) is 0 Å². The zero-order valence-corrected chi connectivity index (χ0v) is 16.3. The number of phenols is 1. The summed E-state index contributed by atoms with van der Waals surface area (Å²) in [6.07, 6.45) is 1.69. The molecule has 1 aliphatic heterocycles. The minimum Gasteiger partial charge on any atom is -0.593 e. The average Bonchev–Trinajstić information content (AvgIpc) is 2.71. The van der Waals surface area contributed by atoms with Gasteiger partial charge in [-0.3, -0.25) is 9.88 Å². The second-order valence-electron chi connectivity index (χ2n) is 6.56. The van der Waals surface area contributed by atoms with Crippen molar-refractivity contribution < 1.29 is 9.66 Å². The average molecular weight is 402 g/mol. The molecule has 140 valence electrons. The van der Waals surface area contributed by atoms with Gasteiger partial charge in [-0.2, -0.15) is 0 Å². The molecule has 2 heterocycles. The summed E-state index contributed by atoms with van der Waals surface area (Å²) in [5.74, 6) is 0.250. The fraction of sp³-hybridized carbons (Fsp3) is 0.250. The van der Waals surface area contributed by atoms with Crippen LogP contribution in [0.15, 0.2) is 59.6 Å². The van der Waals surface area contributed by atoms with Crippen molar-refractivity contribution in [3.8, 4) is 5.75 Å². The predicted octanol–water partition coefficient (Wildman–Crippen LogP) is 3.43. The molecule has 0 amide bonds. The van der Waals surface area contributed by atoms with Crippen LogP contribution >= 0.6 is 11.6 Å². The topological polar surface area (TPSA) is 62.7 Å². The van der Waals surface area contributed by atoms with Gasteiger partial charge in [0.2, 0.25) is 0 Å². The first-order valence-electron chi connectivity index (χ1n) is 8.82. The van der Waals surface area contributed by atoms with Gasteiger partial charge in [0, 0.05) is 41.8 Å². The molecule has 2 aromatic carbocycles. The van der Waals surface area contributed by atoms with Crippen LogP contribution in [0.5, 0.6) is 5.75 Å². The molecular weight excluding hydrogens is 382 g/mol. The number of hydrogen-bond donors (Lipinski definition) is 1. The number of benzene rings is 2. The van der Waals surface area contributed by atoms with Crippen molar-refractivity contribution in [3.63, 3.8) is 0 Å². The van der Waals surface area contributed by atoms with E-state index in [1.807, 2.05) is 40.7 Å². The monoisotopic (exact) mass is 401 g/mol. The fourth-order valence-electron chi connectivity index (χ4n) is 3.29. The number of hydrogen-bond acceptors (Lipinski definition) is 5. The molecule has 4 rings (SSSR count). The predicted molar refractivity (Wildman–Crippen MR) is 108 cm³/mol. The zero-order chi connectivity index (χ0) is 18.8. The summed E-state index contributed by atoms with van der Waals surface area (Å²) in [5.41, 5.74) is 1.51. The van der Waals surface area contributed by atoms with Gasteiger partial charge in [0.15, 0.2) is 4.90 Å². The molecule has 3 aromatic rings. The first kappa shape index (κ1) is 18.5.